The van der Waals surface area contributed by atoms with Crippen molar-refractivity contribution in [3.8, 4) is 11.5 Å². The van der Waals surface area contributed by atoms with Crippen molar-refractivity contribution in [1.29, 1.82) is 0 Å². The van der Waals surface area contributed by atoms with Crippen molar-refractivity contribution in [3.63, 3.8) is 0 Å². The first-order valence-corrected chi connectivity index (χ1v) is 11.2. The van der Waals surface area contributed by atoms with Crippen LogP contribution in [-0.2, 0) is 9.53 Å². The van der Waals surface area contributed by atoms with Crippen LogP contribution in [-0.4, -0.2) is 31.9 Å². The minimum Gasteiger partial charge on any atom is -0.493 e. The zero-order valence-electron chi connectivity index (χ0n) is 18.8. The van der Waals surface area contributed by atoms with Crippen LogP contribution in [0.4, 0.5) is 0 Å². The second-order valence-corrected chi connectivity index (χ2v) is 8.29. The molecule has 0 bridgehead atoms. The van der Waals surface area contributed by atoms with E-state index >= 15 is 0 Å². The fraction of sp³-hybridized carbons (Fsp3) is 0.240. The molecule has 1 aromatic heterocycles. The number of fused-ring (bicyclic) bond motifs is 1. The minimum atomic E-state index is -0.626. The van der Waals surface area contributed by atoms with E-state index in [1.54, 1.807) is 30.9 Å². The van der Waals surface area contributed by atoms with Gasteiger partial charge >= 0.3 is 5.97 Å². The molecule has 33 heavy (non-hydrogen) atoms. The Balaban J connectivity index is 2.01. The zero-order chi connectivity index (χ0) is 23.5. The summed E-state index contributed by atoms with van der Waals surface area (Å²) in [4.78, 5) is 31.7. The third kappa shape index (κ3) is 3.98. The Hall–Kier alpha value is -3.65. The molecule has 2 heterocycles. The summed E-state index contributed by atoms with van der Waals surface area (Å²) in [5.74, 6) is 0.616. The van der Waals surface area contributed by atoms with Gasteiger partial charge in [-0.15, -0.1) is 0 Å². The smallest absolute Gasteiger partial charge is 0.338 e. The van der Waals surface area contributed by atoms with Crippen molar-refractivity contribution in [2.75, 3.05) is 21.3 Å². The number of methoxy groups -OCH3 is 3. The molecule has 0 spiro atoms. The third-order valence-corrected chi connectivity index (χ3v) is 6.47. The van der Waals surface area contributed by atoms with Crippen LogP contribution in [0.1, 0.15) is 30.5 Å². The summed E-state index contributed by atoms with van der Waals surface area (Å²) < 4.78 is 18.0. The van der Waals surface area contributed by atoms with Gasteiger partial charge in [0.2, 0.25) is 0 Å². The lowest BCUT2D eigenvalue weighted by molar-refractivity contribution is -0.136. The highest BCUT2D eigenvalue weighted by molar-refractivity contribution is 7.07. The maximum absolute atomic E-state index is 13.6. The highest BCUT2D eigenvalue weighted by Crippen LogP contribution is 2.32. The number of thiazole rings is 1. The molecule has 0 radical (unpaired) electrons. The fourth-order valence-corrected chi connectivity index (χ4v) is 4.99. The quantitative estimate of drug-likeness (QED) is 0.524. The van der Waals surface area contributed by atoms with Gasteiger partial charge in [-0.1, -0.05) is 60.7 Å². The molecule has 3 aromatic rings. The summed E-state index contributed by atoms with van der Waals surface area (Å²) in [6.07, 6.45) is 2.29. The molecule has 0 fully saturated rings. The number of rotatable bonds is 6. The molecule has 0 aliphatic carbocycles. The molecule has 170 valence electrons. The molecular formula is C25H24N2O5S. The maximum atomic E-state index is 13.6. The molecule has 0 saturated heterocycles. The molecule has 1 aliphatic heterocycles. The van der Waals surface area contributed by atoms with Crippen LogP contribution in [0.15, 0.2) is 69.6 Å². The van der Waals surface area contributed by atoms with Crippen LogP contribution < -0.4 is 24.4 Å². The van der Waals surface area contributed by atoms with Gasteiger partial charge in [0, 0.05) is 5.56 Å². The van der Waals surface area contributed by atoms with Gasteiger partial charge in [-0.3, -0.25) is 9.36 Å². The van der Waals surface area contributed by atoms with Gasteiger partial charge in [0.1, 0.15) is 0 Å². The average Bonchev–Trinajstić information content (AvgIpc) is 3.17. The maximum Gasteiger partial charge on any atom is 0.338 e. The van der Waals surface area contributed by atoms with Crippen LogP contribution in [0.2, 0.25) is 0 Å². The largest absolute Gasteiger partial charge is 0.493 e. The van der Waals surface area contributed by atoms with Gasteiger partial charge in [0.05, 0.1) is 43.2 Å². The van der Waals surface area contributed by atoms with E-state index in [1.807, 2.05) is 49.4 Å². The Morgan fingerprint density at radius 3 is 2.48 bits per heavy atom. The van der Waals surface area contributed by atoms with Gasteiger partial charge in [-0.05, 0) is 24.1 Å². The van der Waals surface area contributed by atoms with E-state index in [1.165, 1.54) is 18.4 Å². The predicted octanol–water partition coefficient (Wildman–Crippen LogP) is 2.82. The molecule has 4 rings (SSSR count). The highest BCUT2D eigenvalue weighted by Gasteiger charge is 2.33. The fourth-order valence-electron chi connectivity index (χ4n) is 3.98. The van der Waals surface area contributed by atoms with Crippen LogP contribution in [0.3, 0.4) is 0 Å². The summed E-state index contributed by atoms with van der Waals surface area (Å²) in [6, 6.07) is 14.3. The number of benzene rings is 2. The minimum absolute atomic E-state index is 0.242. The molecule has 0 N–H and O–H groups in total. The first-order chi connectivity index (χ1) is 16.0. The van der Waals surface area contributed by atoms with E-state index in [-0.39, 0.29) is 5.56 Å². The Labute approximate surface area is 194 Å². The van der Waals surface area contributed by atoms with E-state index in [2.05, 4.69) is 4.99 Å². The van der Waals surface area contributed by atoms with Crippen LogP contribution in [0.25, 0.3) is 6.08 Å². The zero-order valence-corrected chi connectivity index (χ0v) is 19.6. The second-order valence-electron chi connectivity index (χ2n) is 7.28. The molecule has 2 aromatic carbocycles. The summed E-state index contributed by atoms with van der Waals surface area (Å²) >= 11 is 1.27. The summed E-state index contributed by atoms with van der Waals surface area (Å²) in [5, 5.41) is 0. The summed E-state index contributed by atoms with van der Waals surface area (Å²) in [5.41, 5.74) is 2.27. The van der Waals surface area contributed by atoms with Crippen molar-refractivity contribution in [2.24, 2.45) is 4.99 Å². The molecule has 0 unspecified atom stereocenters. The number of carbonyl (C=O) groups excluding carboxylic acids is 1. The number of para-hydroxylation sites is 1. The van der Waals surface area contributed by atoms with Gasteiger partial charge in [-0.2, -0.15) is 0 Å². The number of aromatic nitrogens is 1. The van der Waals surface area contributed by atoms with Crippen molar-refractivity contribution in [1.82, 2.24) is 4.57 Å². The summed E-state index contributed by atoms with van der Waals surface area (Å²) in [7, 11) is 4.46. The molecule has 1 atom stereocenters. The lowest BCUT2D eigenvalue weighted by atomic mass is 9.95. The van der Waals surface area contributed by atoms with Crippen molar-refractivity contribution >= 4 is 23.4 Å². The molecule has 7 nitrogen and oxygen atoms in total. The first kappa shape index (κ1) is 22.5. The van der Waals surface area contributed by atoms with E-state index in [0.29, 0.717) is 44.1 Å². The standard InChI is InChI=1S/C25H24N2O5S/c1-5-17-20(24(29)32-4)21(15-10-7-6-8-11-15)27-23(28)19(33-25(27)26-17)14-16-12-9-13-18(30-2)22(16)31-3/h6-14,21H,5H2,1-4H3/b19-14+/t21-/m1/s1. The monoisotopic (exact) mass is 464 g/mol. The van der Waals surface area contributed by atoms with Crippen LogP contribution >= 0.6 is 11.3 Å². The first-order valence-electron chi connectivity index (χ1n) is 10.4. The molecule has 0 amide bonds. The molecular weight excluding hydrogens is 440 g/mol. The van der Waals surface area contributed by atoms with Crippen LogP contribution in [0, 0.1) is 0 Å². The van der Waals surface area contributed by atoms with Gasteiger partial charge in [0.25, 0.3) is 5.56 Å². The second kappa shape index (κ2) is 9.46. The SMILES string of the molecule is CCC1=C(C(=O)OC)[C@@H](c2ccccc2)n2c(s/c(=C/c3cccc(OC)c3OC)c2=O)=N1. The number of hydrogen-bond donors (Lipinski definition) is 0. The van der Waals surface area contributed by atoms with E-state index < -0.39 is 12.0 Å². The predicted molar refractivity (Wildman–Crippen MR) is 126 cm³/mol. The Kier molecular flexibility index (Phi) is 6.46. The number of allylic oxidation sites excluding steroid dienone is 1. The summed E-state index contributed by atoms with van der Waals surface area (Å²) in [6.45, 7) is 1.93. The average molecular weight is 465 g/mol. The molecule has 0 saturated carbocycles. The Morgan fingerprint density at radius 2 is 1.85 bits per heavy atom. The van der Waals surface area contributed by atoms with E-state index in [4.69, 9.17) is 14.2 Å². The lowest BCUT2D eigenvalue weighted by Gasteiger charge is -2.25. The topological polar surface area (TPSA) is 79.1 Å². The molecule has 1 aliphatic rings. The van der Waals surface area contributed by atoms with Crippen LogP contribution in [0.5, 0.6) is 11.5 Å². The van der Waals surface area contributed by atoms with Crippen molar-refractivity contribution in [2.45, 2.75) is 19.4 Å². The van der Waals surface area contributed by atoms with Gasteiger partial charge < -0.3 is 14.2 Å². The number of nitrogens with zero attached hydrogens (tertiary/aromatic N) is 2. The third-order valence-electron chi connectivity index (χ3n) is 5.49. The lowest BCUT2D eigenvalue weighted by Crippen LogP contribution is -2.40. The van der Waals surface area contributed by atoms with Gasteiger partial charge in [-0.25, -0.2) is 9.79 Å². The number of esters is 1. The molecule has 8 heteroatoms. The van der Waals surface area contributed by atoms with Crippen molar-refractivity contribution < 1.29 is 19.0 Å². The number of carbonyl (C=O) groups is 1. The normalized spacial score (nSPS) is 15.6. The number of ether oxygens (including phenoxy) is 3. The van der Waals surface area contributed by atoms with Gasteiger partial charge in [0.15, 0.2) is 16.3 Å². The Bertz CT molecular complexity index is 1400. The highest BCUT2D eigenvalue weighted by atomic mass is 32.1. The Morgan fingerprint density at radius 1 is 1.09 bits per heavy atom. The number of hydrogen-bond acceptors (Lipinski definition) is 7. The van der Waals surface area contributed by atoms with Crippen molar-refractivity contribution in [3.05, 3.63) is 90.6 Å². The van der Waals surface area contributed by atoms with E-state index in [9.17, 15) is 9.59 Å². The van der Waals surface area contributed by atoms with E-state index in [0.717, 1.165) is 5.56 Å².